The van der Waals surface area contributed by atoms with Crippen LogP contribution in [0.1, 0.15) is 52.7 Å². The van der Waals surface area contributed by atoms with Crippen LogP contribution in [-0.2, 0) is 21.7 Å². The number of rotatable bonds is 6. The minimum absolute atomic E-state index is 0.138. The Morgan fingerprint density at radius 3 is 1.46 bits per heavy atom. The van der Waals surface area contributed by atoms with E-state index in [1.54, 1.807) is 11.1 Å². The molecule has 1 aromatic heterocycles. The van der Waals surface area contributed by atoms with Gasteiger partial charge in [0.05, 0.1) is 0 Å². The summed E-state index contributed by atoms with van der Waals surface area (Å²) in [7, 11) is -3.49. The zero-order chi connectivity index (χ0) is 20.0. The van der Waals surface area contributed by atoms with Gasteiger partial charge in [-0.25, -0.2) is 0 Å². The van der Waals surface area contributed by atoms with Crippen molar-refractivity contribution in [1.82, 2.24) is 0 Å². The van der Waals surface area contributed by atoms with Crippen LogP contribution in [0.5, 0.6) is 0 Å². The summed E-state index contributed by atoms with van der Waals surface area (Å²) >= 11 is 0.581. The first-order valence-corrected chi connectivity index (χ1v) is 17.7. The van der Waals surface area contributed by atoms with Crippen molar-refractivity contribution in [3.63, 3.8) is 0 Å². The van der Waals surface area contributed by atoms with Crippen LogP contribution < -0.4 is 0 Å². The third kappa shape index (κ3) is 4.85. The molecule has 0 aromatic carbocycles. The first-order valence-electron chi connectivity index (χ1n) is 9.91. The summed E-state index contributed by atoms with van der Waals surface area (Å²) in [6, 6.07) is 0. The molecule has 0 radical (unpaired) electrons. The molecule has 0 aliphatic heterocycles. The van der Waals surface area contributed by atoms with E-state index < -0.39 is 16.6 Å². The summed E-state index contributed by atoms with van der Waals surface area (Å²) in [5, 5.41) is 0.509. The zero-order valence-electron chi connectivity index (χ0n) is 18.7. The Morgan fingerprint density at radius 1 is 0.808 bits per heavy atom. The predicted molar refractivity (Wildman–Crippen MR) is 120 cm³/mol. The molecule has 0 fully saturated rings. The van der Waals surface area contributed by atoms with Crippen molar-refractivity contribution < 1.29 is 8.85 Å². The molecule has 2 rings (SSSR count). The van der Waals surface area contributed by atoms with Crippen molar-refractivity contribution in [2.24, 2.45) is 5.41 Å². The van der Waals surface area contributed by atoms with E-state index in [0.717, 1.165) is 26.1 Å². The van der Waals surface area contributed by atoms with E-state index >= 15 is 0 Å². The van der Waals surface area contributed by atoms with E-state index in [-0.39, 0.29) is 15.5 Å². The molecule has 150 valence electrons. The van der Waals surface area contributed by atoms with Crippen molar-refractivity contribution in [2.45, 2.75) is 90.6 Å². The van der Waals surface area contributed by atoms with Crippen LogP contribution in [0.25, 0.3) is 0 Å². The summed E-state index contributed by atoms with van der Waals surface area (Å²) in [5.41, 5.74) is 3.31. The summed E-state index contributed by atoms with van der Waals surface area (Å²) < 4.78 is 13.4. The zero-order valence-corrected chi connectivity index (χ0v) is 22.4. The van der Waals surface area contributed by atoms with Gasteiger partial charge in [0.1, 0.15) is 0 Å². The summed E-state index contributed by atoms with van der Waals surface area (Å²) in [6.07, 6.45) is 2.29. The van der Waals surface area contributed by atoms with Gasteiger partial charge in [-0.2, -0.15) is 0 Å². The van der Waals surface area contributed by atoms with Crippen LogP contribution in [0, 0.1) is 5.41 Å². The quantitative estimate of drug-likeness (QED) is 0.495. The standard InChI is InChI=1S/C21H40O2SeSi2/c1-19(2,3)25(7,8)22-15-21(11-17-13-24-14-18(17)12-21)16-23-26(9,10)20(4,5)6/h13-14H,11-12,15-16H2,1-10H3. The second-order valence-corrected chi connectivity index (χ2v) is 22.6. The van der Waals surface area contributed by atoms with Crippen LogP contribution in [0.3, 0.4) is 0 Å². The third-order valence-electron chi connectivity index (χ3n) is 7.05. The molecule has 0 saturated carbocycles. The van der Waals surface area contributed by atoms with Gasteiger partial charge >= 0.3 is 170 Å². The Kier molecular flexibility index (Phi) is 6.37. The summed E-state index contributed by atoms with van der Waals surface area (Å²) in [6.45, 7) is 25.1. The second kappa shape index (κ2) is 7.31. The van der Waals surface area contributed by atoms with E-state index in [0.29, 0.717) is 14.5 Å². The summed E-state index contributed by atoms with van der Waals surface area (Å²) in [5.74, 6) is 0. The van der Waals surface area contributed by atoms with Crippen LogP contribution in [0.4, 0.5) is 0 Å². The van der Waals surface area contributed by atoms with Gasteiger partial charge in [-0.3, -0.25) is 0 Å². The molecule has 0 amide bonds. The fraction of sp³-hybridized carbons (Fsp3) is 0.810. The van der Waals surface area contributed by atoms with Crippen molar-refractivity contribution in [1.29, 1.82) is 0 Å². The van der Waals surface area contributed by atoms with E-state index in [2.05, 4.69) is 77.6 Å². The van der Waals surface area contributed by atoms with Gasteiger partial charge < -0.3 is 0 Å². The molecule has 26 heavy (non-hydrogen) atoms. The van der Waals surface area contributed by atoms with E-state index in [1.807, 2.05) is 0 Å². The molecule has 5 heteroatoms. The van der Waals surface area contributed by atoms with Gasteiger partial charge in [0.15, 0.2) is 0 Å². The monoisotopic (exact) mass is 460 g/mol. The molecule has 0 spiro atoms. The Morgan fingerprint density at radius 2 is 1.15 bits per heavy atom. The van der Waals surface area contributed by atoms with E-state index in [1.165, 1.54) is 0 Å². The fourth-order valence-electron chi connectivity index (χ4n) is 2.88. The second-order valence-electron chi connectivity index (χ2n) is 11.4. The Labute approximate surface area is 170 Å². The normalized spacial score (nSPS) is 18.2. The van der Waals surface area contributed by atoms with Crippen LogP contribution in [-0.4, -0.2) is 44.4 Å². The molecular weight excluding hydrogens is 419 g/mol. The van der Waals surface area contributed by atoms with E-state index in [4.69, 9.17) is 8.85 Å². The Balaban J connectivity index is 2.16. The maximum atomic E-state index is 6.72. The van der Waals surface area contributed by atoms with Crippen molar-refractivity contribution in [3.05, 3.63) is 21.0 Å². The Hall–Kier alpha value is 0.353. The van der Waals surface area contributed by atoms with Gasteiger partial charge in [0.25, 0.3) is 0 Å². The van der Waals surface area contributed by atoms with Gasteiger partial charge in [-0.1, -0.05) is 0 Å². The topological polar surface area (TPSA) is 18.5 Å². The molecule has 2 nitrogen and oxygen atoms in total. The number of hydrogen-bond donors (Lipinski definition) is 0. The van der Waals surface area contributed by atoms with Gasteiger partial charge in [-0.05, 0) is 0 Å². The average molecular weight is 460 g/mol. The third-order valence-corrected chi connectivity index (χ3v) is 17.8. The summed E-state index contributed by atoms with van der Waals surface area (Å²) in [4.78, 5) is 4.95. The molecule has 1 heterocycles. The predicted octanol–water partition coefficient (Wildman–Crippen LogP) is 5.87. The number of hydrogen-bond acceptors (Lipinski definition) is 2. The van der Waals surface area contributed by atoms with Gasteiger partial charge in [0.2, 0.25) is 0 Å². The van der Waals surface area contributed by atoms with Gasteiger partial charge in [-0.15, -0.1) is 0 Å². The van der Waals surface area contributed by atoms with Crippen molar-refractivity contribution >= 4 is 31.1 Å². The molecular formula is C21H40O2SeSi2. The molecule has 1 aliphatic rings. The molecule has 0 saturated heterocycles. The van der Waals surface area contributed by atoms with Crippen molar-refractivity contribution in [3.8, 4) is 0 Å². The Bertz CT molecular complexity index is 568. The minimum atomic E-state index is -1.75. The van der Waals surface area contributed by atoms with Crippen LogP contribution in [0.2, 0.25) is 36.3 Å². The molecule has 0 unspecified atom stereocenters. The first-order chi connectivity index (χ1) is 11.6. The SMILES string of the molecule is CC(C)(C)[Si](C)(C)OCC1(CO[Si](C)(C)C(C)(C)C)Cc2c[se]cc2C1. The van der Waals surface area contributed by atoms with Gasteiger partial charge in [0, 0.05) is 0 Å². The molecule has 0 bridgehead atoms. The van der Waals surface area contributed by atoms with Crippen molar-refractivity contribution in [2.75, 3.05) is 13.2 Å². The van der Waals surface area contributed by atoms with E-state index in [9.17, 15) is 0 Å². The number of fused-ring (bicyclic) bond motifs is 1. The first kappa shape index (κ1) is 22.6. The molecule has 1 aliphatic carbocycles. The molecule has 0 atom stereocenters. The van der Waals surface area contributed by atoms with Crippen LogP contribution >= 0.6 is 0 Å². The molecule has 0 N–H and O–H groups in total. The van der Waals surface area contributed by atoms with Crippen LogP contribution in [0.15, 0.2) is 9.88 Å². The maximum absolute atomic E-state index is 6.72. The average Bonchev–Trinajstić information content (AvgIpc) is 3.00. The fourth-order valence-corrected chi connectivity index (χ4v) is 6.89. The molecule has 1 aromatic rings.